The number of alkyl halides is 6. The summed E-state index contributed by atoms with van der Waals surface area (Å²) in [5.74, 6) is -3.63. The standard InChI is InChI=1S/C9H11F6NO4S/c1-4(17)16-5(6(18)19)2-21-9(14,15)7(20-3-10)8(11,12)13/h5,7H,2-3H2,1H3,(H,16,17)(H,18,19)/t5-,7?/m0/s1. The van der Waals surface area contributed by atoms with E-state index in [2.05, 4.69) is 4.74 Å². The lowest BCUT2D eigenvalue weighted by Gasteiger charge is -2.27. The Morgan fingerprint density at radius 1 is 1.29 bits per heavy atom. The van der Waals surface area contributed by atoms with Crippen LogP contribution in [0, 0.1) is 0 Å². The normalized spacial score (nSPS) is 15.4. The van der Waals surface area contributed by atoms with Crippen LogP contribution in [0.3, 0.4) is 0 Å². The molecule has 124 valence electrons. The Hall–Kier alpha value is -1.17. The predicted molar refractivity (Wildman–Crippen MR) is 59.5 cm³/mol. The quantitative estimate of drug-likeness (QED) is 0.657. The number of ether oxygens (including phenoxy) is 1. The molecule has 0 heterocycles. The third kappa shape index (κ3) is 6.89. The van der Waals surface area contributed by atoms with Crippen LogP contribution in [-0.2, 0) is 14.3 Å². The minimum Gasteiger partial charge on any atom is -0.480 e. The van der Waals surface area contributed by atoms with Crippen LogP contribution in [0.2, 0.25) is 0 Å². The van der Waals surface area contributed by atoms with Gasteiger partial charge in [0.15, 0.2) is 6.86 Å². The van der Waals surface area contributed by atoms with Gasteiger partial charge in [0.1, 0.15) is 6.04 Å². The highest BCUT2D eigenvalue weighted by Gasteiger charge is 2.57. The summed E-state index contributed by atoms with van der Waals surface area (Å²) in [7, 11) is 0. The van der Waals surface area contributed by atoms with E-state index in [1.54, 1.807) is 5.32 Å². The van der Waals surface area contributed by atoms with E-state index in [4.69, 9.17) is 5.11 Å². The van der Waals surface area contributed by atoms with E-state index in [1.807, 2.05) is 0 Å². The van der Waals surface area contributed by atoms with E-state index in [9.17, 15) is 35.9 Å². The lowest BCUT2D eigenvalue weighted by Crippen LogP contribution is -2.47. The molecule has 12 heteroatoms. The topological polar surface area (TPSA) is 75.6 Å². The largest absolute Gasteiger partial charge is 0.480 e. The van der Waals surface area contributed by atoms with Crippen molar-refractivity contribution in [2.24, 2.45) is 0 Å². The molecular formula is C9H11F6NO4S. The highest BCUT2D eigenvalue weighted by Crippen LogP contribution is 2.42. The smallest absolute Gasteiger partial charge is 0.421 e. The fraction of sp³-hybridized carbons (Fsp3) is 0.778. The van der Waals surface area contributed by atoms with Gasteiger partial charge in [-0.15, -0.1) is 0 Å². The average Bonchev–Trinajstić information content (AvgIpc) is 2.29. The van der Waals surface area contributed by atoms with Crippen molar-refractivity contribution in [1.29, 1.82) is 0 Å². The number of carbonyl (C=O) groups excluding carboxylic acids is 1. The van der Waals surface area contributed by atoms with Crippen LogP contribution in [0.15, 0.2) is 0 Å². The van der Waals surface area contributed by atoms with Gasteiger partial charge in [-0.25, -0.2) is 9.18 Å². The molecule has 0 aromatic rings. The van der Waals surface area contributed by atoms with Crippen LogP contribution in [0.5, 0.6) is 0 Å². The van der Waals surface area contributed by atoms with Crippen molar-refractivity contribution >= 4 is 23.6 Å². The third-order valence-corrected chi connectivity index (χ3v) is 3.05. The van der Waals surface area contributed by atoms with E-state index in [-0.39, 0.29) is 0 Å². The number of carboxylic acid groups (broad SMARTS) is 1. The second-order valence-electron chi connectivity index (χ2n) is 3.66. The molecule has 0 bridgehead atoms. The van der Waals surface area contributed by atoms with E-state index < -0.39 is 59.8 Å². The first kappa shape index (κ1) is 19.8. The number of amides is 1. The van der Waals surface area contributed by atoms with Gasteiger partial charge in [0.25, 0.3) is 0 Å². The zero-order valence-corrected chi connectivity index (χ0v) is 11.2. The molecule has 0 fully saturated rings. The molecule has 5 nitrogen and oxygen atoms in total. The summed E-state index contributed by atoms with van der Waals surface area (Å²) in [5, 5.41) is 5.78. The number of carboxylic acids is 1. The SMILES string of the molecule is CC(=O)N[C@@H](CSC(F)(F)C(OCF)C(F)(F)F)C(=O)O. The fourth-order valence-electron chi connectivity index (χ4n) is 1.14. The van der Waals surface area contributed by atoms with Gasteiger partial charge >= 0.3 is 17.4 Å². The summed E-state index contributed by atoms with van der Waals surface area (Å²) in [6.07, 6.45) is -9.28. The Morgan fingerprint density at radius 2 is 1.81 bits per heavy atom. The first-order valence-electron chi connectivity index (χ1n) is 5.17. The summed E-state index contributed by atoms with van der Waals surface area (Å²) in [6, 6.07) is -1.82. The Kier molecular flexibility index (Phi) is 7.30. The van der Waals surface area contributed by atoms with E-state index in [0.29, 0.717) is 0 Å². The highest BCUT2D eigenvalue weighted by molar-refractivity contribution is 8.00. The Bertz CT molecular complexity index is 378. The van der Waals surface area contributed by atoms with Crippen LogP contribution in [0.4, 0.5) is 26.3 Å². The second-order valence-corrected chi connectivity index (χ2v) is 4.83. The van der Waals surface area contributed by atoms with Crippen LogP contribution in [0.25, 0.3) is 0 Å². The van der Waals surface area contributed by atoms with Crippen molar-refractivity contribution in [1.82, 2.24) is 5.32 Å². The zero-order valence-electron chi connectivity index (χ0n) is 10.4. The number of rotatable bonds is 8. The lowest BCUT2D eigenvalue weighted by atomic mass is 10.3. The maximum atomic E-state index is 13.4. The van der Waals surface area contributed by atoms with Crippen molar-refractivity contribution in [3.05, 3.63) is 0 Å². The molecule has 0 aliphatic heterocycles. The van der Waals surface area contributed by atoms with Gasteiger partial charge in [0.05, 0.1) is 0 Å². The monoisotopic (exact) mass is 343 g/mol. The van der Waals surface area contributed by atoms with Crippen LogP contribution >= 0.6 is 11.8 Å². The van der Waals surface area contributed by atoms with E-state index >= 15 is 0 Å². The summed E-state index contributed by atoms with van der Waals surface area (Å²) in [5.41, 5.74) is 0. The fourth-order valence-corrected chi connectivity index (χ4v) is 2.10. The summed E-state index contributed by atoms with van der Waals surface area (Å²) < 4.78 is 78.9. The summed E-state index contributed by atoms with van der Waals surface area (Å²) >= 11 is -0.708. The molecule has 0 radical (unpaired) electrons. The number of hydrogen-bond acceptors (Lipinski definition) is 4. The first-order chi connectivity index (χ1) is 9.41. The maximum Gasteiger partial charge on any atom is 0.421 e. The van der Waals surface area contributed by atoms with Gasteiger partial charge in [-0.2, -0.15) is 22.0 Å². The maximum absolute atomic E-state index is 13.4. The number of halogens is 6. The number of carbonyl (C=O) groups is 2. The molecule has 0 saturated carbocycles. The van der Waals surface area contributed by atoms with Crippen molar-refractivity contribution in [3.63, 3.8) is 0 Å². The molecule has 0 spiro atoms. The molecule has 2 N–H and O–H groups in total. The van der Waals surface area contributed by atoms with Crippen LogP contribution < -0.4 is 5.32 Å². The molecule has 21 heavy (non-hydrogen) atoms. The van der Waals surface area contributed by atoms with Gasteiger partial charge in [-0.1, -0.05) is 11.8 Å². The van der Waals surface area contributed by atoms with Crippen molar-refractivity contribution < 1.29 is 45.8 Å². The van der Waals surface area contributed by atoms with Gasteiger partial charge in [0.2, 0.25) is 12.0 Å². The Labute approximate surface area is 119 Å². The van der Waals surface area contributed by atoms with Gasteiger partial charge in [-0.3, -0.25) is 4.79 Å². The molecule has 0 aromatic heterocycles. The molecule has 0 aliphatic carbocycles. The summed E-state index contributed by atoms with van der Waals surface area (Å²) in [6.45, 7) is -1.18. The average molecular weight is 343 g/mol. The molecule has 0 aliphatic rings. The summed E-state index contributed by atoms with van der Waals surface area (Å²) in [4.78, 5) is 21.3. The van der Waals surface area contributed by atoms with Gasteiger partial charge in [-0.05, 0) is 0 Å². The minimum atomic E-state index is -5.55. The van der Waals surface area contributed by atoms with Crippen molar-refractivity contribution in [2.45, 2.75) is 30.5 Å². The molecule has 0 saturated heterocycles. The van der Waals surface area contributed by atoms with Crippen molar-refractivity contribution in [2.75, 3.05) is 12.6 Å². The molecular weight excluding hydrogens is 332 g/mol. The van der Waals surface area contributed by atoms with Crippen molar-refractivity contribution in [3.8, 4) is 0 Å². The van der Waals surface area contributed by atoms with Gasteiger partial charge < -0.3 is 15.2 Å². The minimum absolute atomic E-state index is 0.708. The zero-order chi connectivity index (χ0) is 16.8. The molecule has 0 aromatic carbocycles. The Balaban J connectivity index is 4.90. The van der Waals surface area contributed by atoms with E-state index in [1.165, 1.54) is 0 Å². The molecule has 1 unspecified atom stereocenters. The number of thioether (sulfide) groups is 1. The lowest BCUT2D eigenvalue weighted by molar-refractivity contribution is -0.269. The number of hydrogen-bond donors (Lipinski definition) is 2. The molecule has 1 amide bonds. The third-order valence-electron chi connectivity index (χ3n) is 1.95. The van der Waals surface area contributed by atoms with E-state index in [0.717, 1.165) is 6.92 Å². The van der Waals surface area contributed by atoms with Crippen LogP contribution in [-0.4, -0.2) is 53.2 Å². The van der Waals surface area contributed by atoms with Gasteiger partial charge in [0, 0.05) is 12.7 Å². The molecule has 0 rings (SSSR count). The first-order valence-corrected chi connectivity index (χ1v) is 6.16. The van der Waals surface area contributed by atoms with Crippen LogP contribution in [0.1, 0.15) is 6.92 Å². The Morgan fingerprint density at radius 3 is 2.14 bits per heavy atom. The second kappa shape index (κ2) is 7.73. The number of aliphatic carboxylic acids is 1. The predicted octanol–water partition coefficient (Wildman–Crippen LogP) is 1.78. The number of nitrogens with one attached hydrogen (secondary N) is 1. The highest BCUT2D eigenvalue weighted by atomic mass is 32.2. The molecule has 2 atom stereocenters.